The van der Waals surface area contributed by atoms with E-state index in [0.29, 0.717) is 5.56 Å². The molecule has 29 heavy (non-hydrogen) atoms. The van der Waals surface area contributed by atoms with Crippen LogP contribution in [0.15, 0.2) is 64.6 Å². The van der Waals surface area contributed by atoms with E-state index < -0.39 is 15.9 Å². The van der Waals surface area contributed by atoms with Crippen molar-refractivity contribution in [2.75, 3.05) is 27.2 Å². The maximum Gasteiger partial charge on any atom is 0.271 e. The Hall–Kier alpha value is -2.55. The minimum absolute atomic E-state index is 0.0130. The maximum absolute atomic E-state index is 12.9. The van der Waals surface area contributed by atoms with Gasteiger partial charge in [-0.3, -0.25) is 4.79 Å². The average Bonchev–Trinajstić information content (AvgIpc) is 2.74. The van der Waals surface area contributed by atoms with Crippen molar-refractivity contribution in [3.05, 3.63) is 65.7 Å². The number of likely N-dealkylation sites (tertiary alicyclic amines) is 1. The third kappa shape index (κ3) is 5.29. The van der Waals surface area contributed by atoms with Crippen molar-refractivity contribution in [1.82, 2.24) is 9.73 Å². The van der Waals surface area contributed by atoms with Crippen LogP contribution in [0.1, 0.15) is 28.8 Å². The highest BCUT2D eigenvalue weighted by Gasteiger charge is 2.31. The van der Waals surface area contributed by atoms with Gasteiger partial charge in [0.25, 0.3) is 5.91 Å². The molecular formula is C21H27N4O3S+. The SMILES string of the molecule is CN(C1CC[NH+](C)CC1)S(=O)(=O)c1ccc(C(=O)N/N=C\c2ccccc2)cc1. The van der Waals surface area contributed by atoms with Crippen molar-refractivity contribution in [2.24, 2.45) is 5.10 Å². The largest absolute Gasteiger partial charge is 0.337 e. The van der Waals surface area contributed by atoms with Gasteiger partial charge >= 0.3 is 0 Å². The summed E-state index contributed by atoms with van der Waals surface area (Å²) >= 11 is 0. The first kappa shape index (κ1) is 21.2. The zero-order valence-corrected chi connectivity index (χ0v) is 17.5. The number of hydrogen-bond donors (Lipinski definition) is 2. The number of nitrogens with one attached hydrogen (secondary N) is 2. The van der Waals surface area contributed by atoms with Crippen LogP contribution in [0.25, 0.3) is 0 Å². The molecule has 0 aliphatic carbocycles. The number of carbonyl (C=O) groups excluding carboxylic acids is 1. The van der Waals surface area contributed by atoms with Gasteiger partial charge in [0.2, 0.25) is 10.0 Å². The lowest BCUT2D eigenvalue weighted by molar-refractivity contribution is -0.885. The maximum atomic E-state index is 12.9. The zero-order chi connectivity index (χ0) is 20.9. The summed E-state index contributed by atoms with van der Waals surface area (Å²) < 4.78 is 27.3. The Labute approximate surface area is 172 Å². The Balaban J connectivity index is 1.64. The van der Waals surface area contributed by atoms with Crippen LogP contribution in [0, 0.1) is 0 Å². The monoisotopic (exact) mass is 415 g/mol. The van der Waals surface area contributed by atoms with E-state index in [4.69, 9.17) is 0 Å². The molecule has 7 nitrogen and oxygen atoms in total. The van der Waals surface area contributed by atoms with Crippen LogP contribution >= 0.6 is 0 Å². The van der Waals surface area contributed by atoms with Crippen molar-refractivity contribution >= 4 is 22.1 Å². The molecule has 1 fully saturated rings. The second kappa shape index (κ2) is 9.30. The number of benzene rings is 2. The van der Waals surface area contributed by atoms with Crippen molar-refractivity contribution < 1.29 is 18.1 Å². The summed E-state index contributed by atoms with van der Waals surface area (Å²) in [5, 5.41) is 3.93. The van der Waals surface area contributed by atoms with E-state index in [2.05, 4.69) is 17.6 Å². The summed E-state index contributed by atoms with van der Waals surface area (Å²) in [5.41, 5.74) is 3.67. The highest BCUT2D eigenvalue weighted by molar-refractivity contribution is 7.89. The molecular weight excluding hydrogens is 388 g/mol. The molecule has 1 heterocycles. The van der Waals surface area contributed by atoms with Gasteiger partial charge in [-0.25, -0.2) is 13.8 Å². The molecule has 1 aliphatic heterocycles. The molecule has 0 aromatic heterocycles. The van der Waals surface area contributed by atoms with Crippen molar-refractivity contribution in [3.8, 4) is 0 Å². The van der Waals surface area contributed by atoms with E-state index in [1.807, 2.05) is 30.3 Å². The molecule has 0 spiro atoms. The third-order valence-corrected chi connectivity index (χ3v) is 7.22. The van der Waals surface area contributed by atoms with Gasteiger partial charge in [0, 0.05) is 31.5 Å². The summed E-state index contributed by atoms with van der Waals surface area (Å²) in [4.78, 5) is 13.8. The molecule has 3 rings (SSSR count). The number of carbonyl (C=O) groups is 1. The van der Waals surface area contributed by atoms with E-state index >= 15 is 0 Å². The number of quaternary nitrogens is 1. The lowest BCUT2D eigenvalue weighted by Gasteiger charge is -2.32. The van der Waals surface area contributed by atoms with Gasteiger partial charge in [0.05, 0.1) is 31.2 Å². The van der Waals surface area contributed by atoms with Crippen LogP contribution in [-0.4, -0.2) is 58.1 Å². The number of piperidine rings is 1. The first-order chi connectivity index (χ1) is 13.9. The molecule has 0 saturated carbocycles. The average molecular weight is 416 g/mol. The predicted molar refractivity (Wildman–Crippen MR) is 113 cm³/mol. The minimum Gasteiger partial charge on any atom is -0.337 e. The molecule has 2 aromatic carbocycles. The number of amides is 1. The molecule has 0 unspecified atom stereocenters. The topological polar surface area (TPSA) is 83.3 Å². The smallest absolute Gasteiger partial charge is 0.271 e. The molecule has 8 heteroatoms. The van der Waals surface area contributed by atoms with Crippen molar-refractivity contribution in [1.29, 1.82) is 0 Å². The van der Waals surface area contributed by atoms with E-state index in [0.717, 1.165) is 31.5 Å². The van der Waals surface area contributed by atoms with Crippen LogP contribution in [0.5, 0.6) is 0 Å². The van der Waals surface area contributed by atoms with E-state index in [1.165, 1.54) is 33.5 Å². The summed E-state index contributed by atoms with van der Waals surface area (Å²) in [6.45, 7) is 1.93. The zero-order valence-electron chi connectivity index (χ0n) is 16.7. The van der Waals surface area contributed by atoms with Crippen molar-refractivity contribution in [3.63, 3.8) is 0 Å². The number of hydrazone groups is 1. The first-order valence-electron chi connectivity index (χ1n) is 9.66. The fourth-order valence-electron chi connectivity index (χ4n) is 3.37. The molecule has 0 radical (unpaired) electrons. The van der Waals surface area contributed by atoms with Crippen LogP contribution in [0.4, 0.5) is 0 Å². The summed E-state index contributed by atoms with van der Waals surface area (Å²) in [5.74, 6) is -0.396. The summed E-state index contributed by atoms with van der Waals surface area (Å²) in [7, 11) is 0.173. The summed E-state index contributed by atoms with van der Waals surface area (Å²) in [6, 6.07) is 15.4. The third-order valence-electron chi connectivity index (χ3n) is 5.30. The van der Waals surface area contributed by atoms with E-state index in [-0.39, 0.29) is 10.9 Å². The Morgan fingerprint density at radius 1 is 1.10 bits per heavy atom. The normalized spacial score (nSPS) is 20.1. The Bertz CT molecular complexity index is 951. The van der Waals surface area contributed by atoms with Crippen LogP contribution in [0.2, 0.25) is 0 Å². The Kier molecular flexibility index (Phi) is 6.79. The highest BCUT2D eigenvalue weighted by Crippen LogP contribution is 2.20. The summed E-state index contributed by atoms with van der Waals surface area (Å²) in [6.07, 6.45) is 3.25. The van der Waals surface area contributed by atoms with Gasteiger partial charge in [0.15, 0.2) is 0 Å². The first-order valence-corrected chi connectivity index (χ1v) is 11.1. The molecule has 0 bridgehead atoms. The van der Waals surface area contributed by atoms with Gasteiger partial charge in [-0.1, -0.05) is 30.3 Å². The molecule has 1 amide bonds. The van der Waals surface area contributed by atoms with E-state index in [9.17, 15) is 13.2 Å². The Morgan fingerprint density at radius 3 is 2.34 bits per heavy atom. The minimum atomic E-state index is -3.59. The lowest BCUT2D eigenvalue weighted by atomic mass is 10.1. The van der Waals surface area contributed by atoms with Gasteiger partial charge in [0.1, 0.15) is 0 Å². The quantitative estimate of drug-likeness (QED) is 0.539. The van der Waals surface area contributed by atoms with Gasteiger partial charge in [-0.05, 0) is 29.8 Å². The van der Waals surface area contributed by atoms with E-state index in [1.54, 1.807) is 13.3 Å². The van der Waals surface area contributed by atoms with Gasteiger partial charge in [-0.2, -0.15) is 9.41 Å². The van der Waals surface area contributed by atoms with Gasteiger partial charge < -0.3 is 4.90 Å². The number of hydrogen-bond acceptors (Lipinski definition) is 4. The molecule has 1 aliphatic rings. The molecule has 2 N–H and O–H groups in total. The van der Waals surface area contributed by atoms with Crippen LogP contribution in [0.3, 0.4) is 0 Å². The van der Waals surface area contributed by atoms with Crippen LogP contribution in [-0.2, 0) is 10.0 Å². The number of rotatable bonds is 6. The fourth-order valence-corrected chi connectivity index (χ4v) is 4.78. The second-order valence-electron chi connectivity index (χ2n) is 7.34. The number of sulfonamides is 1. The second-order valence-corrected chi connectivity index (χ2v) is 9.34. The Morgan fingerprint density at radius 2 is 1.72 bits per heavy atom. The standard InChI is InChI=1S/C21H26N4O3S/c1-24-14-12-19(13-15-24)25(2)29(27,28)20-10-8-18(9-11-20)21(26)23-22-16-17-6-4-3-5-7-17/h3-11,16,19H,12-15H2,1-2H3,(H,23,26)/p+1/b22-16-. The molecule has 0 atom stereocenters. The predicted octanol–water partition coefficient (Wildman–Crippen LogP) is 0.748. The lowest BCUT2D eigenvalue weighted by Crippen LogP contribution is -3.10. The van der Waals surface area contributed by atoms with Crippen LogP contribution < -0.4 is 10.3 Å². The molecule has 1 saturated heterocycles. The fraction of sp³-hybridized carbons (Fsp3) is 0.333. The highest BCUT2D eigenvalue weighted by atomic mass is 32.2. The number of nitrogens with zero attached hydrogens (tertiary/aromatic N) is 2. The van der Waals surface area contributed by atoms with Crippen molar-refractivity contribution in [2.45, 2.75) is 23.8 Å². The molecule has 2 aromatic rings. The van der Waals surface area contributed by atoms with Gasteiger partial charge in [-0.15, -0.1) is 0 Å². The molecule has 154 valence electrons.